The van der Waals surface area contributed by atoms with Crippen molar-refractivity contribution in [2.75, 3.05) is 10.8 Å². The molecule has 0 aliphatic rings. The summed E-state index contributed by atoms with van der Waals surface area (Å²) >= 11 is 6.20. The summed E-state index contributed by atoms with van der Waals surface area (Å²) in [5, 5.41) is 3.34. The van der Waals surface area contributed by atoms with Gasteiger partial charge in [0.2, 0.25) is 0 Å². The van der Waals surface area contributed by atoms with Gasteiger partial charge in [0.1, 0.15) is 0 Å². The lowest BCUT2D eigenvalue weighted by Crippen LogP contribution is -2.31. The van der Waals surface area contributed by atoms with Crippen LogP contribution in [0.5, 0.6) is 0 Å². The fourth-order valence-electron chi connectivity index (χ4n) is 3.20. The van der Waals surface area contributed by atoms with Gasteiger partial charge in [0, 0.05) is 17.1 Å². The van der Waals surface area contributed by atoms with Crippen molar-refractivity contribution in [1.29, 1.82) is 0 Å². The maximum absolute atomic E-state index is 13.5. The number of amides is 1. The number of rotatable bonds is 8. The lowest BCUT2D eigenvalue weighted by atomic mass is 10.1. The standard InChI is InChI=1S/C25H27ClN2O3S/c1-18(2)16-27-25(29)21-12-10-20(11-13-21)17-28(24-15-22(26)14-9-19(24)3)32(30,31)23-7-5-4-6-8-23/h4-15,18H,16-17H2,1-3H3,(H,27,29). The summed E-state index contributed by atoms with van der Waals surface area (Å²) in [6, 6.07) is 20.5. The van der Waals surface area contributed by atoms with E-state index in [1.807, 2.05) is 20.8 Å². The van der Waals surface area contributed by atoms with Gasteiger partial charge in [-0.15, -0.1) is 0 Å². The number of anilines is 1. The second-order valence-electron chi connectivity index (χ2n) is 8.06. The highest BCUT2D eigenvalue weighted by molar-refractivity contribution is 7.92. The number of nitrogens with one attached hydrogen (secondary N) is 1. The van der Waals surface area contributed by atoms with Crippen LogP contribution in [0.2, 0.25) is 5.02 Å². The molecule has 3 rings (SSSR count). The fourth-order valence-corrected chi connectivity index (χ4v) is 4.89. The normalized spacial score (nSPS) is 11.4. The van der Waals surface area contributed by atoms with Gasteiger partial charge < -0.3 is 5.32 Å². The Bertz CT molecular complexity index is 1180. The van der Waals surface area contributed by atoms with Gasteiger partial charge in [0.05, 0.1) is 17.1 Å². The van der Waals surface area contributed by atoms with Crippen molar-refractivity contribution in [3.05, 3.63) is 94.5 Å². The summed E-state index contributed by atoms with van der Waals surface area (Å²) in [5.74, 6) is 0.209. The number of hydrogen-bond acceptors (Lipinski definition) is 3. The van der Waals surface area contributed by atoms with Crippen LogP contribution in [-0.4, -0.2) is 20.9 Å². The van der Waals surface area contributed by atoms with E-state index in [4.69, 9.17) is 11.6 Å². The first-order chi connectivity index (χ1) is 15.2. The number of carbonyl (C=O) groups excluding carboxylic acids is 1. The van der Waals surface area contributed by atoms with Gasteiger partial charge in [-0.3, -0.25) is 9.10 Å². The zero-order chi connectivity index (χ0) is 23.3. The summed E-state index contributed by atoms with van der Waals surface area (Å²) in [5.41, 5.74) is 2.59. The molecule has 3 aromatic carbocycles. The van der Waals surface area contributed by atoms with E-state index in [1.54, 1.807) is 72.8 Å². The maximum atomic E-state index is 13.5. The van der Waals surface area contributed by atoms with Gasteiger partial charge in [-0.2, -0.15) is 0 Å². The number of nitrogens with zero attached hydrogens (tertiary/aromatic N) is 1. The third kappa shape index (κ3) is 5.69. The van der Waals surface area contributed by atoms with Crippen LogP contribution < -0.4 is 9.62 Å². The van der Waals surface area contributed by atoms with Crippen LogP contribution in [0.3, 0.4) is 0 Å². The summed E-state index contributed by atoms with van der Waals surface area (Å²) in [4.78, 5) is 12.5. The molecule has 0 saturated carbocycles. The van der Waals surface area contributed by atoms with E-state index in [9.17, 15) is 13.2 Å². The van der Waals surface area contributed by atoms with E-state index >= 15 is 0 Å². The van der Waals surface area contributed by atoms with Gasteiger partial charge in [0.15, 0.2) is 0 Å². The average molecular weight is 471 g/mol. The molecule has 0 heterocycles. The number of sulfonamides is 1. The first-order valence-corrected chi connectivity index (χ1v) is 12.2. The van der Waals surface area contributed by atoms with Gasteiger partial charge >= 0.3 is 0 Å². The summed E-state index contributed by atoms with van der Waals surface area (Å²) in [6.07, 6.45) is 0. The second-order valence-corrected chi connectivity index (χ2v) is 10.4. The Morgan fingerprint density at radius 2 is 1.66 bits per heavy atom. The number of benzene rings is 3. The molecule has 0 saturated heterocycles. The molecule has 0 atom stereocenters. The molecule has 0 aliphatic carbocycles. The predicted octanol–water partition coefficient (Wildman–Crippen LogP) is 5.43. The molecule has 0 fully saturated rings. The highest BCUT2D eigenvalue weighted by Gasteiger charge is 2.26. The summed E-state index contributed by atoms with van der Waals surface area (Å²) in [6.45, 7) is 6.61. The first-order valence-electron chi connectivity index (χ1n) is 10.4. The van der Waals surface area contributed by atoms with E-state index in [2.05, 4.69) is 5.32 Å². The third-order valence-corrected chi connectivity index (χ3v) is 6.99. The van der Waals surface area contributed by atoms with Gasteiger partial charge in [-0.1, -0.05) is 61.8 Å². The van der Waals surface area contributed by atoms with Crippen molar-refractivity contribution >= 4 is 33.2 Å². The van der Waals surface area contributed by atoms with E-state index in [0.717, 1.165) is 11.1 Å². The molecule has 0 bridgehead atoms. The van der Waals surface area contributed by atoms with Crippen LogP contribution in [0.25, 0.3) is 0 Å². The molecule has 0 spiro atoms. The molecule has 168 valence electrons. The highest BCUT2D eigenvalue weighted by atomic mass is 35.5. The number of carbonyl (C=O) groups is 1. The minimum absolute atomic E-state index is 0.103. The van der Waals surface area contributed by atoms with Crippen LogP contribution in [0.1, 0.15) is 35.3 Å². The minimum atomic E-state index is -3.84. The Labute approximate surface area is 195 Å². The van der Waals surface area contributed by atoms with Crippen molar-refractivity contribution < 1.29 is 13.2 Å². The van der Waals surface area contributed by atoms with Crippen molar-refractivity contribution in [3.63, 3.8) is 0 Å². The Morgan fingerprint density at radius 1 is 1.00 bits per heavy atom. The van der Waals surface area contributed by atoms with E-state index in [-0.39, 0.29) is 17.3 Å². The third-order valence-electron chi connectivity index (χ3n) is 4.98. The molecule has 7 heteroatoms. The topological polar surface area (TPSA) is 66.5 Å². The minimum Gasteiger partial charge on any atom is -0.352 e. The molecule has 0 aliphatic heterocycles. The first kappa shape index (κ1) is 23.8. The molecule has 1 amide bonds. The Kier molecular flexibility index (Phi) is 7.59. The molecule has 3 aromatic rings. The summed E-state index contributed by atoms with van der Waals surface area (Å²) < 4.78 is 28.4. The van der Waals surface area contributed by atoms with Crippen molar-refractivity contribution in [2.24, 2.45) is 5.92 Å². The van der Waals surface area contributed by atoms with Crippen molar-refractivity contribution in [1.82, 2.24) is 5.32 Å². The van der Waals surface area contributed by atoms with Gasteiger partial charge in [-0.25, -0.2) is 8.42 Å². The fraction of sp³-hybridized carbons (Fsp3) is 0.240. The smallest absolute Gasteiger partial charge is 0.264 e. The van der Waals surface area contributed by atoms with Crippen LogP contribution in [-0.2, 0) is 16.6 Å². The zero-order valence-electron chi connectivity index (χ0n) is 18.4. The second kappa shape index (κ2) is 10.2. The lowest BCUT2D eigenvalue weighted by molar-refractivity contribution is 0.0949. The number of halogens is 1. The Hall–Kier alpha value is -2.83. The van der Waals surface area contributed by atoms with Gasteiger partial charge in [-0.05, 0) is 60.4 Å². The monoisotopic (exact) mass is 470 g/mol. The van der Waals surface area contributed by atoms with E-state index < -0.39 is 10.0 Å². The molecule has 32 heavy (non-hydrogen) atoms. The molecule has 1 N–H and O–H groups in total. The highest BCUT2D eigenvalue weighted by Crippen LogP contribution is 2.31. The average Bonchev–Trinajstić information content (AvgIpc) is 2.78. The van der Waals surface area contributed by atoms with Crippen LogP contribution in [0.4, 0.5) is 5.69 Å². The SMILES string of the molecule is Cc1ccc(Cl)cc1N(Cc1ccc(C(=O)NCC(C)C)cc1)S(=O)(=O)c1ccccc1. The lowest BCUT2D eigenvalue weighted by Gasteiger charge is -2.26. The molecule has 0 aromatic heterocycles. The van der Waals surface area contributed by atoms with Crippen LogP contribution >= 0.6 is 11.6 Å². The van der Waals surface area contributed by atoms with Crippen LogP contribution in [0, 0.1) is 12.8 Å². The van der Waals surface area contributed by atoms with Gasteiger partial charge in [0.25, 0.3) is 15.9 Å². The number of hydrogen-bond donors (Lipinski definition) is 1. The zero-order valence-corrected chi connectivity index (χ0v) is 20.0. The molecule has 0 unspecified atom stereocenters. The predicted molar refractivity (Wildman–Crippen MR) is 130 cm³/mol. The molecular weight excluding hydrogens is 444 g/mol. The molecule has 0 radical (unpaired) electrons. The van der Waals surface area contributed by atoms with Crippen molar-refractivity contribution in [2.45, 2.75) is 32.2 Å². The quantitative estimate of drug-likeness (QED) is 0.477. The Balaban J connectivity index is 1.95. The maximum Gasteiger partial charge on any atom is 0.264 e. The van der Waals surface area contributed by atoms with Crippen molar-refractivity contribution in [3.8, 4) is 0 Å². The van der Waals surface area contributed by atoms with E-state index in [0.29, 0.717) is 28.7 Å². The largest absolute Gasteiger partial charge is 0.352 e. The number of aryl methyl sites for hydroxylation is 1. The molecule has 5 nitrogen and oxygen atoms in total. The van der Waals surface area contributed by atoms with Crippen LogP contribution in [0.15, 0.2) is 77.7 Å². The van der Waals surface area contributed by atoms with E-state index in [1.165, 1.54) is 4.31 Å². The summed E-state index contributed by atoms with van der Waals surface area (Å²) in [7, 11) is -3.84. The Morgan fingerprint density at radius 3 is 2.28 bits per heavy atom. The molecular formula is C25H27ClN2O3S.